The van der Waals surface area contributed by atoms with E-state index in [1.165, 1.54) is 0 Å². The summed E-state index contributed by atoms with van der Waals surface area (Å²) in [6.45, 7) is 1.66. The first-order chi connectivity index (χ1) is 7.17. The van der Waals surface area contributed by atoms with Crippen molar-refractivity contribution in [2.24, 2.45) is 0 Å². The summed E-state index contributed by atoms with van der Waals surface area (Å²) in [5.74, 6) is 0.393. The van der Waals surface area contributed by atoms with Crippen LogP contribution in [0.3, 0.4) is 0 Å². The standard InChI is InChI=1S/C11H12N2O2/c1-8(11(14)13-2)15-10-5-3-9(7-12)4-6-10/h3-6,8H,1-2H3,(H,13,14)/t8-/m0/s1. The smallest absolute Gasteiger partial charge is 0.260 e. The van der Waals surface area contributed by atoms with Crippen LogP contribution in [0.1, 0.15) is 12.5 Å². The molecule has 1 rings (SSSR count). The molecular formula is C11H12N2O2. The van der Waals surface area contributed by atoms with E-state index in [1.807, 2.05) is 6.07 Å². The molecule has 0 fully saturated rings. The second-order valence-electron chi connectivity index (χ2n) is 3.01. The van der Waals surface area contributed by atoms with Gasteiger partial charge in [-0.25, -0.2) is 0 Å². The van der Waals surface area contributed by atoms with Gasteiger partial charge in [0.15, 0.2) is 6.10 Å². The van der Waals surface area contributed by atoms with Crippen LogP contribution in [-0.2, 0) is 4.79 Å². The molecule has 0 aromatic heterocycles. The van der Waals surface area contributed by atoms with Gasteiger partial charge in [0.2, 0.25) is 0 Å². The fourth-order valence-electron chi connectivity index (χ4n) is 1.07. The minimum Gasteiger partial charge on any atom is -0.481 e. The molecule has 15 heavy (non-hydrogen) atoms. The van der Waals surface area contributed by atoms with Gasteiger partial charge in [-0.15, -0.1) is 0 Å². The molecule has 0 unspecified atom stereocenters. The van der Waals surface area contributed by atoms with Crippen LogP contribution < -0.4 is 10.1 Å². The van der Waals surface area contributed by atoms with Gasteiger partial charge in [0, 0.05) is 7.05 Å². The Morgan fingerprint density at radius 3 is 2.53 bits per heavy atom. The Kier molecular flexibility index (Phi) is 3.69. The average Bonchev–Trinajstić information content (AvgIpc) is 2.29. The van der Waals surface area contributed by atoms with Crippen LogP contribution in [0.25, 0.3) is 0 Å². The third kappa shape index (κ3) is 2.99. The van der Waals surface area contributed by atoms with Crippen LogP contribution >= 0.6 is 0 Å². The molecule has 0 aliphatic rings. The molecule has 0 bridgehead atoms. The van der Waals surface area contributed by atoms with Crippen LogP contribution in [0, 0.1) is 11.3 Å². The molecule has 4 nitrogen and oxygen atoms in total. The first-order valence-electron chi connectivity index (χ1n) is 4.55. The fraction of sp³-hybridized carbons (Fsp3) is 0.273. The van der Waals surface area contributed by atoms with Crippen molar-refractivity contribution in [3.05, 3.63) is 29.8 Å². The van der Waals surface area contributed by atoms with Gasteiger partial charge >= 0.3 is 0 Å². The van der Waals surface area contributed by atoms with E-state index in [0.29, 0.717) is 11.3 Å². The number of carbonyl (C=O) groups excluding carboxylic acids is 1. The summed E-state index contributed by atoms with van der Waals surface area (Å²) in [7, 11) is 1.56. The number of hydrogen-bond acceptors (Lipinski definition) is 3. The van der Waals surface area contributed by atoms with Gasteiger partial charge in [-0.05, 0) is 31.2 Å². The van der Waals surface area contributed by atoms with E-state index in [9.17, 15) is 4.79 Å². The van der Waals surface area contributed by atoms with Gasteiger partial charge in [-0.3, -0.25) is 4.79 Å². The predicted octanol–water partition coefficient (Wildman–Crippen LogP) is 1.07. The quantitative estimate of drug-likeness (QED) is 0.801. The van der Waals surface area contributed by atoms with Crippen LogP contribution in [-0.4, -0.2) is 19.1 Å². The van der Waals surface area contributed by atoms with Crippen molar-refractivity contribution in [1.29, 1.82) is 5.26 Å². The largest absolute Gasteiger partial charge is 0.481 e. The summed E-state index contributed by atoms with van der Waals surface area (Å²) >= 11 is 0. The second kappa shape index (κ2) is 5.01. The highest BCUT2D eigenvalue weighted by Gasteiger charge is 2.11. The minimum absolute atomic E-state index is 0.181. The van der Waals surface area contributed by atoms with Gasteiger partial charge in [-0.2, -0.15) is 5.26 Å². The molecule has 1 atom stereocenters. The van der Waals surface area contributed by atoms with E-state index < -0.39 is 6.10 Å². The normalized spacial score (nSPS) is 11.3. The zero-order valence-corrected chi connectivity index (χ0v) is 8.65. The number of rotatable bonds is 3. The van der Waals surface area contributed by atoms with Gasteiger partial charge in [0.25, 0.3) is 5.91 Å². The molecule has 1 N–H and O–H groups in total. The Labute approximate surface area is 88.5 Å². The van der Waals surface area contributed by atoms with Crippen LogP contribution in [0.2, 0.25) is 0 Å². The Bertz CT molecular complexity index is 379. The van der Waals surface area contributed by atoms with Crippen molar-refractivity contribution in [2.75, 3.05) is 7.05 Å². The maximum absolute atomic E-state index is 11.2. The van der Waals surface area contributed by atoms with E-state index in [-0.39, 0.29) is 5.91 Å². The maximum atomic E-state index is 11.2. The number of ether oxygens (including phenoxy) is 1. The molecule has 1 aromatic carbocycles. The number of likely N-dealkylation sites (N-methyl/N-ethyl adjacent to an activating group) is 1. The molecule has 4 heteroatoms. The number of nitrogens with zero attached hydrogens (tertiary/aromatic N) is 1. The molecular weight excluding hydrogens is 192 g/mol. The lowest BCUT2D eigenvalue weighted by Gasteiger charge is -2.12. The number of benzene rings is 1. The molecule has 0 aliphatic heterocycles. The first kappa shape index (κ1) is 11.1. The van der Waals surface area contributed by atoms with Gasteiger partial charge < -0.3 is 10.1 Å². The van der Waals surface area contributed by atoms with Crippen LogP contribution in [0.5, 0.6) is 5.75 Å². The highest BCUT2D eigenvalue weighted by atomic mass is 16.5. The summed E-state index contributed by atoms with van der Waals surface area (Å²) in [6, 6.07) is 8.63. The zero-order valence-electron chi connectivity index (χ0n) is 8.65. The summed E-state index contributed by atoms with van der Waals surface area (Å²) in [5, 5.41) is 11.1. The molecule has 0 saturated carbocycles. The Morgan fingerprint density at radius 2 is 2.07 bits per heavy atom. The molecule has 78 valence electrons. The number of nitriles is 1. The highest BCUT2D eigenvalue weighted by Crippen LogP contribution is 2.13. The zero-order chi connectivity index (χ0) is 11.3. The predicted molar refractivity (Wildman–Crippen MR) is 55.3 cm³/mol. The van der Waals surface area contributed by atoms with E-state index in [2.05, 4.69) is 5.32 Å². The van der Waals surface area contributed by atoms with E-state index in [4.69, 9.17) is 10.00 Å². The summed E-state index contributed by atoms with van der Waals surface area (Å²) < 4.78 is 5.35. The lowest BCUT2D eigenvalue weighted by Crippen LogP contribution is -2.33. The Hall–Kier alpha value is -2.02. The number of nitrogens with one attached hydrogen (secondary N) is 1. The lowest BCUT2D eigenvalue weighted by atomic mass is 10.2. The lowest BCUT2D eigenvalue weighted by molar-refractivity contribution is -0.126. The molecule has 1 amide bonds. The van der Waals surface area contributed by atoms with Crippen LogP contribution in [0.15, 0.2) is 24.3 Å². The van der Waals surface area contributed by atoms with Crippen molar-refractivity contribution >= 4 is 5.91 Å². The van der Waals surface area contributed by atoms with Crippen LogP contribution in [0.4, 0.5) is 0 Å². The molecule has 0 aliphatic carbocycles. The van der Waals surface area contributed by atoms with Crippen molar-refractivity contribution in [3.63, 3.8) is 0 Å². The second-order valence-corrected chi connectivity index (χ2v) is 3.01. The first-order valence-corrected chi connectivity index (χ1v) is 4.55. The highest BCUT2D eigenvalue weighted by molar-refractivity contribution is 5.80. The number of amides is 1. The SMILES string of the molecule is CNC(=O)[C@H](C)Oc1ccc(C#N)cc1. The molecule has 1 aromatic rings. The molecule has 0 saturated heterocycles. The number of carbonyl (C=O) groups is 1. The van der Waals surface area contributed by atoms with E-state index in [1.54, 1.807) is 38.2 Å². The summed E-state index contributed by atoms with van der Waals surface area (Å²) in [4.78, 5) is 11.2. The summed E-state index contributed by atoms with van der Waals surface area (Å²) in [5.41, 5.74) is 0.565. The van der Waals surface area contributed by atoms with Crippen molar-refractivity contribution in [2.45, 2.75) is 13.0 Å². The minimum atomic E-state index is -0.539. The van der Waals surface area contributed by atoms with Crippen molar-refractivity contribution < 1.29 is 9.53 Å². The number of hydrogen-bond donors (Lipinski definition) is 1. The van der Waals surface area contributed by atoms with Gasteiger partial charge in [-0.1, -0.05) is 0 Å². The average molecular weight is 204 g/mol. The Balaban J connectivity index is 2.66. The van der Waals surface area contributed by atoms with Crippen molar-refractivity contribution in [1.82, 2.24) is 5.32 Å². The molecule has 0 spiro atoms. The van der Waals surface area contributed by atoms with E-state index in [0.717, 1.165) is 0 Å². The van der Waals surface area contributed by atoms with E-state index >= 15 is 0 Å². The summed E-state index contributed by atoms with van der Waals surface area (Å²) in [6.07, 6.45) is -0.539. The third-order valence-electron chi connectivity index (χ3n) is 1.91. The monoisotopic (exact) mass is 204 g/mol. The maximum Gasteiger partial charge on any atom is 0.260 e. The van der Waals surface area contributed by atoms with Gasteiger partial charge in [0.05, 0.1) is 11.6 Å². The third-order valence-corrected chi connectivity index (χ3v) is 1.91. The Morgan fingerprint density at radius 1 is 1.47 bits per heavy atom. The molecule has 0 heterocycles. The van der Waals surface area contributed by atoms with Crippen molar-refractivity contribution in [3.8, 4) is 11.8 Å². The van der Waals surface area contributed by atoms with Gasteiger partial charge in [0.1, 0.15) is 5.75 Å². The topological polar surface area (TPSA) is 62.1 Å². The molecule has 0 radical (unpaired) electrons. The fourth-order valence-corrected chi connectivity index (χ4v) is 1.07.